The summed E-state index contributed by atoms with van der Waals surface area (Å²) in [6.45, 7) is 6.65. The molecule has 0 N–H and O–H groups in total. The number of benzene rings is 1. The molecule has 0 aliphatic heterocycles. The first-order valence-corrected chi connectivity index (χ1v) is 5.41. The number of rotatable bonds is 3. The summed E-state index contributed by atoms with van der Waals surface area (Å²) in [6, 6.07) is 8.60. The second-order valence-electron chi connectivity index (χ2n) is 3.29. The number of thioether (sulfide) groups is 1. The molecule has 0 atom stereocenters. The molecule has 0 fully saturated rings. The molecule has 0 aliphatic carbocycles. The lowest BCUT2D eigenvalue weighted by Gasteiger charge is -2.06. The highest BCUT2D eigenvalue weighted by Crippen LogP contribution is 2.19. The van der Waals surface area contributed by atoms with Crippen molar-refractivity contribution in [2.24, 2.45) is 0 Å². The van der Waals surface area contributed by atoms with Crippen LogP contribution in [0.1, 0.15) is 25.0 Å². The summed E-state index contributed by atoms with van der Waals surface area (Å²) in [5.74, 6) is 1.14. The molecule has 1 heteroatoms. The smallest absolute Gasteiger partial charge is 0.0189 e. The Morgan fingerprint density at radius 1 is 1.25 bits per heavy atom. The zero-order chi connectivity index (χ0) is 8.97. The highest BCUT2D eigenvalue weighted by molar-refractivity contribution is 7.99. The van der Waals surface area contributed by atoms with Gasteiger partial charge in [0.1, 0.15) is 0 Å². The van der Waals surface area contributed by atoms with Gasteiger partial charge in [-0.3, -0.25) is 0 Å². The maximum atomic E-state index is 2.24. The Labute approximate surface area is 79.4 Å². The van der Waals surface area contributed by atoms with Crippen molar-refractivity contribution < 1.29 is 0 Å². The van der Waals surface area contributed by atoms with E-state index in [4.69, 9.17) is 0 Å². The van der Waals surface area contributed by atoms with Gasteiger partial charge in [-0.25, -0.2) is 0 Å². The third-order valence-electron chi connectivity index (χ3n) is 1.83. The van der Waals surface area contributed by atoms with Gasteiger partial charge in [0.2, 0.25) is 0 Å². The molecule has 0 aliphatic rings. The Kier molecular flexibility index (Phi) is 3.67. The molecule has 0 amide bonds. The highest BCUT2D eigenvalue weighted by Gasteiger charge is 1.98. The molecule has 1 aromatic carbocycles. The van der Waals surface area contributed by atoms with Gasteiger partial charge >= 0.3 is 0 Å². The maximum Gasteiger partial charge on any atom is 0.0189 e. The third kappa shape index (κ3) is 2.90. The average Bonchev–Trinajstić information content (AvgIpc) is 2.03. The summed E-state index contributed by atoms with van der Waals surface area (Å²) in [4.78, 5) is 0. The predicted octanol–water partition coefficient (Wildman–Crippen LogP) is 3.64. The fraction of sp³-hybridized carbons (Fsp3) is 0.455. The molecule has 0 heterocycles. The summed E-state index contributed by atoms with van der Waals surface area (Å²) in [5, 5.41) is 0.726. The molecular weight excluding hydrogens is 164 g/mol. The monoisotopic (exact) mass is 180 g/mol. The van der Waals surface area contributed by atoms with Crippen molar-refractivity contribution in [1.82, 2.24) is 0 Å². The van der Waals surface area contributed by atoms with Crippen molar-refractivity contribution in [2.75, 3.05) is 0 Å². The van der Waals surface area contributed by atoms with Gasteiger partial charge in [-0.15, -0.1) is 0 Å². The molecule has 1 aromatic rings. The van der Waals surface area contributed by atoms with E-state index in [9.17, 15) is 0 Å². The Balaban J connectivity index is 2.57. The normalized spacial score (nSPS) is 10.7. The third-order valence-corrected chi connectivity index (χ3v) is 2.98. The molecule has 1 rings (SSSR count). The van der Waals surface area contributed by atoms with Crippen LogP contribution in [0.4, 0.5) is 0 Å². The highest BCUT2D eigenvalue weighted by atomic mass is 32.2. The Morgan fingerprint density at radius 3 is 2.50 bits per heavy atom. The van der Waals surface area contributed by atoms with Gasteiger partial charge < -0.3 is 0 Å². The first-order chi connectivity index (χ1) is 5.70. The summed E-state index contributed by atoms with van der Waals surface area (Å²) >= 11 is 2.00. The second kappa shape index (κ2) is 4.56. The minimum Gasteiger partial charge on any atom is -0.154 e. The van der Waals surface area contributed by atoms with E-state index in [-0.39, 0.29) is 0 Å². The minimum atomic E-state index is 0.726. The van der Waals surface area contributed by atoms with Crippen LogP contribution in [0.25, 0.3) is 0 Å². The summed E-state index contributed by atoms with van der Waals surface area (Å²) < 4.78 is 0. The Hall–Kier alpha value is -0.430. The quantitative estimate of drug-likeness (QED) is 0.684. The number of hydrogen-bond donors (Lipinski definition) is 0. The van der Waals surface area contributed by atoms with Crippen LogP contribution >= 0.6 is 11.8 Å². The number of hydrogen-bond acceptors (Lipinski definition) is 1. The fourth-order valence-corrected chi connectivity index (χ4v) is 1.87. The molecule has 0 saturated heterocycles. The average molecular weight is 180 g/mol. The van der Waals surface area contributed by atoms with Crippen LogP contribution in [-0.4, -0.2) is 5.25 Å². The van der Waals surface area contributed by atoms with E-state index in [1.54, 1.807) is 0 Å². The van der Waals surface area contributed by atoms with Crippen LogP contribution in [0.2, 0.25) is 0 Å². The topological polar surface area (TPSA) is 0 Å². The lowest BCUT2D eigenvalue weighted by atomic mass is 10.1. The molecule has 0 nitrogen and oxygen atoms in total. The summed E-state index contributed by atoms with van der Waals surface area (Å²) in [6.07, 6.45) is 0. The van der Waals surface area contributed by atoms with E-state index >= 15 is 0 Å². The molecule has 0 saturated carbocycles. The van der Waals surface area contributed by atoms with Crippen LogP contribution in [-0.2, 0) is 5.75 Å². The van der Waals surface area contributed by atoms with E-state index in [1.165, 1.54) is 11.1 Å². The number of aryl methyl sites for hydroxylation is 1. The van der Waals surface area contributed by atoms with Gasteiger partial charge in [-0.05, 0) is 23.3 Å². The summed E-state index contributed by atoms with van der Waals surface area (Å²) in [5.41, 5.74) is 2.88. The van der Waals surface area contributed by atoms with Gasteiger partial charge in [0, 0.05) is 5.75 Å². The zero-order valence-electron chi connectivity index (χ0n) is 8.00. The van der Waals surface area contributed by atoms with E-state index in [0.29, 0.717) is 0 Å². The lowest BCUT2D eigenvalue weighted by Crippen LogP contribution is -1.90. The van der Waals surface area contributed by atoms with Crippen molar-refractivity contribution in [3.05, 3.63) is 35.4 Å². The predicted molar refractivity (Wildman–Crippen MR) is 57.6 cm³/mol. The molecule has 0 radical (unpaired) electrons. The van der Waals surface area contributed by atoms with Gasteiger partial charge in [0.05, 0.1) is 0 Å². The Morgan fingerprint density at radius 2 is 1.92 bits per heavy atom. The van der Waals surface area contributed by atoms with E-state index < -0.39 is 0 Å². The van der Waals surface area contributed by atoms with Gasteiger partial charge in [0.15, 0.2) is 0 Å². The second-order valence-corrected chi connectivity index (χ2v) is 4.85. The van der Waals surface area contributed by atoms with E-state index in [2.05, 4.69) is 45.0 Å². The van der Waals surface area contributed by atoms with Crippen LogP contribution in [0.5, 0.6) is 0 Å². The first-order valence-electron chi connectivity index (χ1n) is 4.36. The van der Waals surface area contributed by atoms with E-state index in [1.807, 2.05) is 11.8 Å². The molecule has 0 spiro atoms. The molecular formula is C11H16S. The Bertz CT molecular complexity index is 241. The SMILES string of the molecule is Cc1ccccc1CSC(C)C. The van der Waals surface area contributed by atoms with Crippen LogP contribution in [0, 0.1) is 6.92 Å². The standard InChI is InChI=1S/C11H16S/c1-9(2)12-8-11-7-5-4-6-10(11)3/h4-7,9H,8H2,1-3H3. The largest absolute Gasteiger partial charge is 0.154 e. The van der Waals surface area contributed by atoms with Crippen molar-refractivity contribution >= 4 is 11.8 Å². The van der Waals surface area contributed by atoms with Gasteiger partial charge in [0.25, 0.3) is 0 Å². The van der Waals surface area contributed by atoms with Gasteiger partial charge in [-0.2, -0.15) is 11.8 Å². The lowest BCUT2D eigenvalue weighted by molar-refractivity contribution is 1.11. The molecule has 66 valence electrons. The molecule has 12 heavy (non-hydrogen) atoms. The molecule has 0 unspecified atom stereocenters. The first kappa shape index (κ1) is 9.66. The van der Waals surface area contributed by atoms with Crippen molar-refractivity contribution in [2.45, 2.75) is 31.8 Å². The van der Waals surface area contributed by atoms with Crippen LogP contribution < -0.4 is 0 Å². The summed E-state index contributed by atoms with van der Waals surface area (Å²) in [7, 11) is 0. The molecule has 0 bridgehead atoms. The van der Waals surface area contributed by atoms with Crippen LogP contribution in [0.3, 0.4) is 0 Å². The van der Waals surface area contributed by atoms with Crippen molar-refractivity contribution in [1.29, 1.82) is 0 Å². The van der Waals surface area contributed by atoms with Crippen molar-refractivity contribution in [3.8, 4) is 0 Å². The zero-order valence-corrected chi connectivity index (χ0v) is 8.82. The van der Waals surface area contributed by atoms with Crippen LogP contribution in [0.15, 0.2) is 24.3 Å². The fourth-order valence-electron chi connectivity index (χ4n) is 1.03. The maximum absolute atomic E-state index is 2.24. The van der Waals surface area contributed by atoms with Crippen molar-refractivity contribution in [3.63, 3.8) is 0 Å². The molecule has 0 aromatic heterocycles. The van der Waals surface area contributed by atoms with E-state index in [0.717, 1.165) is 11.0 Å². The van der Waals surface area contributed by atoms with Gasteiger partial charge in [-0.1, -0.05) is 38.1 Å². The minimum absolute atomic E-state index is 0.726.